The Bertz CT molecular complexity index is 1430. The van der Waals surface area contributed by atoms with Crippen LogP contribution in [0.4, 0.5) is 14.5 Å². The van der Waals surface area contributed by atoms with E-state index in [4.69, 9.17) is 21.1 Å². The van der Waals surface area contributed by atoms with Gasteiger partial charge in [0.25, 0.3) is 0 Å². The third kappa shape index (κ3) is 4.19. The van der Waals surface area contributed by atoms with Gasteiger partial charge in [-0.2, -0.15) is 0 Å². The van der Waals surface area contributed by atoms with Gasteiger partial charge in [0.05, 0.1) is 42.0 Å². The molecule has 35 heavy (non-hydrogen) atoms. The number of ether oxygens (including phenoxy) is 2. The van der Waals surface area contributed by atoms with Crippen molar-refractivity contribution in [1.82, 2.24) is 4.98 Å². The van der Waals surface area contributed by atoms with E-state index >= 15 is 0 Å². The summed E-state index contributed by atoms with van der Waals surface area (Å²) in [5.74, 6) is -3.51. The van der Waals surface area contributed by atoms with Crippen LogP contribution in [-0.4, -0.2) is 49.3 Å². The first-order valence-corrected chi connectivity index (χ1v) is 11.3. The molecule has 1 aliphatic heterocycles. The number of benzene rings is 3. The highest BCUT2D eigenvalue weighted by atomic mass is 35.5. The van der Waals surface area contributed by atoms with Gasteiger partial charge < -0.3 is 24.5 Å². The molecule has 2 heterocycles. The highest BCUT2D eigenvalue weighted by Gasteiger charge is 2.25. The van der Waals surface area contributed by atoms with E-state index in [2.05, 4.69) is 9.88 Å². The standard InChI is InChI=1S/C26H21ClF2N2O4/c1-34-23-13-20(28)17(11-21(23)29)25(32)24-18-10-16(19(27)12-22(18)30-26(24)33)14-2-4-15(5-3-14)31-6-8-35-9-7-31/h2-5,10-13,30,33H,6-9H2,1H3. The van der Waals surface area contributed by atoms with Crippen molar-refractivity contribution in [2.24, 2.45) is 0 Å². The van der Waals surface area contributed by atoms with Crippen molar-refractivity contribution >= 4 is 34.0 Å². The highest BCUT2D eigenvalue weighted by Crippen LogP contribution is 2.38. The van der Waals surface area contributed by atoms with E-state index in [-0.39, 0.29) is 11.3 Å². The lowest BCUT2D eigenvalue weighted by molar-refractivity contribution is 0.103. The quantitative estimate of drug-likeness (QED) is 0.353. The molecule has 6 nitrogen and oxygen atoms in total. The molecule has 5 rings (SSSR count). The molecule has 0 saturated carbocycles. The minimum atomic E-state index is -0.963. The molecular weight excluding hydrogens is 478 g/mol. The number of carbonyl (C=O) groups excluding carboxylic acids is 1. The molecule has 9 heteroatoms. The summed E-state index contributed by atoms with van der Waals surface area (Å²) in [5, 5.41) is 11.2. The van der Waals surface area contributed by atoms with Crippen molar-refractivity contribution in [3.05, 3.63) is 76.3 Å². The molecule has 1 fully saturated rings. The van der Waals surface area contributed by atoms with Crippen LogP contribution in [0.2, 0.25) is 5.02 Å². The number of halogens is 3. The number of aromatic nitrogens is 1. The fourth-order valence-corrected chi connectivity index (χ4v) is 4.59. The normalized spacial score (nSPS) is 13.9. The number of nitrogens with zero attached hydrogens (tertiary/aromatic N) is 1. The second kappa shape index (κ2) is 9.20. The Balaban J connectivity index is 1.56. The molecule has 0 radical (unpaired) electrons. The first-order valence-electron chi connectivity index (χ1n) is 10.9. The molecule has 0 spiro atoms. The monoisotopic (exact) mass is 498 g/mol. The third-order valence-electron chi connectivity index (χ3n) is 6.13. The summed E-state index contributed by atoms with van der Waals surface area (Å²) in [7, 11) is 1.20. The maximum Gasteiger partial charge on any atom is 0.202 e. The summed E-state index contributed by atoms with van der Waals surface area (Å²) >= 11 is 6.53. The molecule has 4 aromatic rings. The van der Waals surface area contributed by atoms with Crippen LogP contribution in [0, 0.1) is 11.6 Å². The van der Waals surface area contributed by atoms with E-state index < -0.39 is 28.9 Å². The second-order valence-corrected chi connectivity index (χ2v) is 8.58. The Hall–Kier alpha value is -3.62. The number of H-pyrrole nitrogens is 1. The topological polar surface area (TPSA) is 74.8 Å². The zero-order chi connectivity index (χ0) is 24.7. The number of fused-ring (bicyclic) bond motifs is 1. The summed E-state index contributed by atoms with van der Waals surface area (Å²) in [4.78, 5) is 18.1. The molecular formula is C26H21ClF2N2O4. The molecule has 1 saturated heterocycles. The lowest BCUT2D eigenvalue weighted by Gasteiger charge is -2.29. The number of carbonyl (C=O) groups is 1. The van der Waals surface area contributed by atoms with Gasteiger partial charge in [-0.1, -0.05) is 23.7 Å². The van der Waals surface area contributed by atoms with Crippen LogP contribution in [0.25, 0.3) is 22.0 Å². The number of hydrogen-bond donors (Lipinski definition) is 2. The second-order valence-electron chi connectivity index (χ2n) is 8.17. The number of aromatic amines is 1. The van der Waals surface area contributed by atoms with Gasteiger partial charge in [0.15, 0.2) is 11.6 Å². The third-order valence-corrected chi connectivity index (χ3v) is 6.45. The number of hydrogen-bond acceptors (Lipinski definition) is 5. The molecule has 3 aromatic carbocycles. The highest BCUT2D eigenvalue weighted by molar-refractivity contribution is 6.34. The van der Waals surface area contributed by atoms with Gasteiger partial charge >= 0.3 is 0 Å². The van der Waals surface area contributed by atoms with Crippen LogP contribution in [0.5, 0.6) is 11.6 Å². The molecule has 0 aliphatic carbocycles. The summed E-state index contributed by atoms with van der Waals surface area (Å²) < 4.78 is 39.0. The summed E-state index contributed by atoms with van der Waals surface area (Å²) in [6.45, 7) is 2.97. The van der Waals surface area contributed by atoms with Crippen molar-refractivity contribution in [3.63, 3.8) is 0 Å². The first kappa shape index (κ1) is 23.1. The van der Waals surface area contributed by atoms with Gasteiger partial charge in [0, 0.05) is 35.8 Å². The summed E-state index contributed by atoms with van der Waals surface area (Å²) in [6.07, 6.45) is 0. The number of nitrogens with one attached hydrogen (secondary N) is 1. The lowest BCUT2D eigenvalue weighted by atomic mass is 9.98. The van der Waals surface area contributed by atoms with E-state index in [0.717, 1.165) is 36.5 Å². The molecule has 2 N–H and O–H groups in total. The minimum absolute atomic E-state index is 0.175. The summed E-state index contributed by atoms with van der Waals surface area (Å²) in [5.41, 5.74) is 2.18. The largest absolute Gasteiger partial charge is 0.494 e. The van der Waals surface area contributed by atoms with E-state index in [1.165, 1.54) is 7.11 Å². The van der Waals surface area contributed by atoms with Crippen LogP contribution in [0.15, 0.2) is 48.5 Å². The van der Waals surface area contributed by atoms with Crippen LogP contribution < -0.4 is 9.64 Å². The Labute approximate surface area is 204 Å². The minimum Gasteiger partial charge on any atom is -0.494 e. The Morgan fingerprint density at radius 1 is 1.09 bits per heavy atom. The maximum atomic E-state index is 14.6. The predicted octanol–water partition coefficient (Wildman–Crippen LogP) is 5.55. The SMILES string of the molecule is COc1cc(F)c(C(=O)c2c(O)[nH]c3cc(Cl)c(-c4ccc(N5CCOCC5)cc4)cc23)cc1F. The molecule has 1 aromatic heterocycles. The average Bonchev–Trinajstić information content (AvgIpc) is 3.19. The number of rotatable bonds is 5. The van der Waals surface area contributed by atoms with Gasteiger partial charge in [-0.15, -0.1) is 0 Å². The maximum absolute atomic E-state index is 14.6. The Kier molecular flexibility index (Phi) is 6.08. The van der Waals surface area contributed by atoms with Gasteiger partial charge in [-0.05, 0) is 35.9 Å². The van der Waals surface area contributed by atoms with Crippen molar-refractivity contribution in [2.75, 3.05) is 38.3 Å². The molecule has 0 bridgehead atoms. The number of anilines is 1. The van der Waals surface area contributed by atoms with Crippen LogP contribution in [-0.2, 0) is 4.74 Å². The Morgan fingerprint density at radius 2 is 1.80 bits per heavy atom. The fourth-order valence-electron chi connectivity index (χ4n) is 4.32. The van der Waals surface area contributed by atoms with E-state index in [9.17, 15) is 18.7 Å². The number of ketones is 1. The lowest BCUT2D eigenvalue weighted by Crippen LogP contribution is -2.36. The van der Waals surface area contributed by atoms with Crippen molar-refractivity contribution < 1.29 is 28.2 Å². The zero-order valence-electron chi connectivity index (χ0n) is 18.7. The molecule has 1 aliphatic rings. The molecule has 0 atom stereocenters. The van der Waals surface area contributed by atoms with Crippen molar-refractivity contribution in [1.29, 1.82) is 0 Å². The Morgan fingerprint density at radius 3 is 2.49 bits per heavy atom. The predicted molar refractivity (Wildman–Crippen MR) is 130 cm³/mol. The van der Waals surface area contributed by atoms with Gasteiger partial charge in [0.2, 0.25) is 11.7 Å². The fraction of sp³-hybridized carbons (Fsp3) is 0.192. The van der Waals surface area contributed by atoms with Gasteiger partial charge in [0.1, 0.15) is 5.82 Å². The molecule has 0 unspecified atom stereocenters. The smallest absolute Gasteiger partial charge is 0.202 e. The van der Waals surface area contributed by atoms with E-state index in [1.807, 2.05) is 24.3 Å². The van der Waals surface area contributed by atoms with E-state index in [1.54, 1.807) is 12.1 Å². The van der Waals surface area contributed by atoms with Crippen LogP contribution in [0.1, 0.15) is 15.9 Å². The van der Waals surface area contributed by atoms with Crippen molar-refractivity contribution in [3.8, 4) is 22.8 Å². The van der Waals surface area contributed by atoms with E-state index in [0.29, 0.717) is 34.7 Å². The molecule has 180 valence electrons. The van der Waals surface area contributed by atoms with Crippen molar-refractivity contribution in [2.45, 2.75) is 0 Å². The van der Waals surface area contributed by atoms with Crippen LogP contribution >= 0.6 is 11.6 Å². The summed E-state index contributed by atoms with van der Waals surface area (Å²) in [6, 6.07) is 12.6. The number of morpholine rings is 1. The number of aromatic hydroxyl groups is 1. The molecule has 0 amide bonds. The van der Waals surface area contributed by atoms with Gasteiger partial charge in [-0.25, -0.2) is 8.78 Å². The number of methoxy groups -OCH3 is 1. The zero-order valence-corrected chi connectivity index (χ0v) is 19.5. The average molecular weight is 499 g/mol. The first-order chi connectivity index (χ1) is 16.9. The van der Waals surface area contributed by atoms with Gasteiger partial charge in [-0.3, -0.25) is 4.79 Å². The van der Waals surface area contributed by atoms with Crippen LogP contribution in [0.3, 0.4) is 0 Å².